The molecule has 1 fully saturated rings. The number of nitrogens with zero attached hydrogens (tertiary/aromatic N) is 4. The van der Waals surface area contributed by atoms with Gasteiger partial charge >= 0.3 is 0 Å². The Morgan fingerprint density at radius 2 is 1.91 bits per heavy atom. The number of hydrogen-bond donors (Lipinski definition) is 2. The van der Waals surface area contributed by atoms with Crippen molar-refractivity contribution in [3.8, 4) is 5.69 Å². The lowest BCUT2D eigenvalue weighted by molar-refractivity contribution is 0.198. The van der Waals surface area contributed by atoms with Gasteiger partial charge in [0, 0.05) is 44.6 Å². The highest BCUT2D eigenvalue weighted by Gasteiger charge is 2.20. The summed E-state index contributed by atoms with van der Waals surface area (Å²) < 4.78 is 15.0. The molecule has 0 spiro atoms. The van der Waals surface area contributed by atoms with Gasteiger partial charge in [-0.25, -0.2) is 14.1 Å². The minimum atomic E-state index is -0.181. The van der Waals surface area contributed by atoms with E-state index >= 15 is 0 Å². The molecule has 6 nitrogen and oxygen atoms in total. The largest absolute Gasteiger partial charge is 0.357 e. The number of hydrogen-bond acceptors (Lipinski definition) is 3. The first kappa shape index (κ1) is 22.0. The van der Waals surface area contributed by atoms with Gasteiger partial charge in [-0.2, -0.15) is 5.10 Å². The third-order valence-corrected chi connectivity index (χ3v) is 5.69. The van der Waals surface area contributed by atoms with Crippen molar-refractivity contribution >= 4 is 5.96 Å². The smallest absolute Gasteiger partial charge is 0.191 e. The van der Waals surface area contributed by atoms with Crippen LogP contribution in [0.3, 0.4) is 0 Å². The Bertz CT molecular complexity index is 992. The Morgan fingerprint density at radius 3 is 2.62 bits per heavy atom. The average Bonchev–Trinajstić information content (AvgIpc) is 3.36. The molecule has 0 amide bonds. The lowest BCUT2D eigenvalue weighted by Crippen LogP contribution is -2.48. The molecule has 1 aromatic heterocycles. The third kappa shape index (κ3) is 6.17. The predicted molar refractivity (Wildman–Crippen MR) is 126 cm³/mol. The molecule has 7 heteroatoms. The number of aliphatic imine (C=N–C) groups is 1. The topological polar surface area (TPSA) is 57.5 Å². The van der Waals surface area contributed by atoms with Gasteiger partial charge in [0.25, 0.3) is 0 Å². The summed E-state index contributed by atoms with van der Waals surface area (Å²) in [6.07, 6.45) is 5.83. The van der Waals surface area contributed by atoms with Crippen molar-refractivity contribution < 1.29 is 4.39 Å². The first-order valence-corrected chi connectivity index (χ1v) is 11.3. The standard InChI is InChI=1S/C25H31FN6/c1-2-27-25(28-18-21-5-3-6-24(17-21)32-14-4-13-29-32)30-23-11-15-31(16-12-23)19-20-7-9-22(26)10-8-20/h3-10,13-14,17,23H,2,11-12,15-16,18-19H2,1H3,(H2,27,28,30). The van der Waals surface area contributed by atoms with Crippen LogP contribution in [0.25, 0.3) is 5.69 Å². The van der Waals surface area contributed by atoms with Crippen LogP contribution in [0.4, 0.5) is 4.39 Å². The van der Waals surface area contributed by atoms with Crippen molar-refractivity contribution in [2.45, 2.75) is 38.9 Å². The van der Waals surface area contributed by atoms with E-state index in [1.807, 2.05) is 41.2 Å². The molecule has 0 radical (unpaired) electrons. The van der Waals surface area contributed by atoms with Crippen LogP contribution in [0.2, 0.25) is 0 Å². The van der Waals surface area contributed by atoms with E-state index in [1.54, 1.807) is 6.20 Å². The Hall–Kier alpha value is -3.19. The number of likely N-dealkylation sites (tertiary alicyclic amines) is 1. The van der Waals surface area contributed by atoms with Crippen molar-refractivity contribution in [1.29, 1.82) is 0 Å². The molecule has 0 saturated carbocycles. The summed E-state index contributed by atoms with van der Waals surface area (Å²) >= 11 is 0. The van der Waals surface area contributed by atoms with Crippen molar-refractivity contribution in [3.63, 3.8) is 0 Å². The van der Waals surface area contributed by atoms with Gasteiger partial charge in [0.1, 0.15) is 5.82 Å². The monoisotopic (exact) mass is 434 g/mol. The maximum Gasteiger partial charge on any atom is 0.191 e. The number of aromatic nitrogens is 2. The molecule has 2 N–H and O–H groups in total. The van der Waals surface area contributed by atoms with Crippen molar-refractivity contribution in [2.24, 2.45) is 4.99 Å². The van der Waals surface area contributed by atoms with E-state index in [0.29, 0.717) is 12.6 Å². The van der Waals surface area contributed by atoms with Crippen LogP contribution < -0.4 is 10.6 Å². The highest BCUT2D eigenvalue weighted by atomic mass is 19.1. The summed E-state index contributed by atoms with van der Waals surface area (Å²) in [5.41, 5.74) is 3.34. The van der Waals surface area contributed by atoms with E-state index < -0.39 is 0 Å². The molecule has 4 rings (SSSR count). The number of benzene rings is 2. The minimum absolute atomic E-state index is 0.181. The molecule has 1 aliphatic heterocycles. The van der Waals surface area contributed by atoms with Crippen LogP contribution in [0.15, 0.2) is 72.0 Å². The highest BCUT2D eigenvalue weighted by molar-refractivity contribution is 5.80. The third-order valence-electron chi connectivity index (χ3n) is 5.69. The molecule has 3 aromatic rings. The van der Waals surface area contributed by atoms with Crippen LogP contribution in [-0.2, 0) is 13.1 Å². The normalized spacial score (nSPS) is 15.6. The fraction of sp³-hybridized carbons (Fsp3) is 0.360. The molecule has 0 unspecified atom stereocenters. The van der Waals surface area contributed by atoms with Gasteiger partial charge in [0.15, 0.2) is 5.96 Å². The Balaban J connectivity index is 1.30. The summed E-state index contributed by atoms with van der Waals surface area (Å²) in [5, 5.41) is 11.3. The minimum Gasteiger partial charge on any atom is -0.357 e. The van der Waals surface area contributed by atoms with Crippen LogP contribution in [0, 0.1) is 5.82 Å². The first-order valence-electron chi connectivity index (χ1n) is 11.3. The number of piperidine rings is 1. The second-order valence-corrected chi connectivity index (χ2v) is 8.14. The van der Waals surface area contributed by atoms with Crippen LogP contribution in [0.5, 0.6) is 0 Å². The van der Waals surface area contributed by atoms with Crippen molar-refractivity contribution in [1.82, 2.24) is 25.3 Å². The van der Waals surface area contributed by atoms with Gasteiger partial charge in [-0.1, -0.05) is 24.3 Å². The maximum atomic E-state index is 13.1. The van der Waals surface area contributed by atoms with Crippen LogP contribution >= 0.6 is 0 Å². The second-order valence-electron chi connectivity index (χ2n) is 8.14. The molecule has 2 heterocycles. The van der Waals surface area contributed by atoms with Gasteiger partial charge < -0.3 is 10.6 Å². The molecule has 0 atom stereocenters. The van der Waals surface area contributed by atoms with E-state index in [2.05, 4.69) is 39.7 Å². The summed E-state index contributed by atoms with van der Waals surface area (Å²) in [4.78, 5) is 7.24. The first-order chi connectivity index (χ1) is 15.7. The second kappa shape index (κ2) is 10.9. The molecule has 168 valence electrons. The molecular weight excluding hydrogens is 403 g/mol. The van der Waals surface area contributed by atoms with Gasteiger partial charge in [0.2, 0.25) is 0 Å². The highest BCUT2D eigenvalue weighted by Crippen LogP contribution is 2.15. The molecule has 0 aliphatic carbocycles. The summed E-state index contributed by atoms with van der Waals surface area (Å²) in [5.74, 6) is 0.675. The molecule has 0 bridgehead atoms. The molecule has 1 saturated heterocycles. The number of guanidine groups is 1. The molecular formula is C25H31FN6. The fourth-order valence-electron chi connectivity index (χ4n) is 3.99. The van der Waals surface area contributed by atoms with E-state index in [0.717, 1.165) is 61.8 Å². The average molecular weight is 435 g/mol. The molecule has 32 heavy (non-hydrogen) atoms. The summed E-state index contributed by atoms with van der Waals surface area (Å²) in [6.45, 7) is 6.41. The predicted octanol–water partition coefficient (Wildman–Crippen LogP) is 3.73. The Labute approximate surface area is 189 Å². The zero-order valence-electron chi connectivity index (χ0n) is 18.5. The van der Waals surface area contributed by atoms with Gasteiger partial charge in [-0.05, 0) is 61.2 Å². The number of nitrogens with one attached hydrogen (secondary N) is 2. The van der Waals surface area contributed by atoms with E-state index in [-0.39, 0.29) is 5.82 Å². The van der Waals surface area contributed by atoms with Gasteiger partial charge in [-0.15, -0.1) is 0 Å². The molecule has 1 aliphatic rings. The summed E-state index contributed by atoms with van der Waals surface area (Å²) in [7, 11) is 0. The number of rotatable bonds is 7. The maximum absolute atomic E-state index is 13.1. The van der Waals surface area contributed by atoms with Crippen LogP contribution in [-0.4, -0.2) is 46.3 Å². The zero-order chi connectivity index (χ0) is 22.2. The van der Waals surface area contributed by atoms with Crippen LogP contribution in [0.1, 0.15) is 30.9 Å². The van der Waals surface area contributed by atoms with Crippen molar-refractivity contribution in [3.05, 3.63) is 83.9 Å². The van der Waals surface area contributed by atoms with E-state index in [9.17, 15) is 4.39 Å². The zero-order valence-corrected chi connectivity index (χ0v) is 18.5. The Kier molecular flexibility index (Phi) is 7.51. The van der Waals surface area contributed by atoms with E-state index in [4.69, 9.17) is 4.99 Å². The number of halogens is 1. The lowest BCUT2D eigenvalue weighted by Gasteiger charge is -2.33. The van der Waals surface area contributed by atoms with E-state index in [1.165, 1.54) is 12.1 Å². The quantitative estimate of drug-likeness (QED) is 0.440. The van der Waals surface area contributed by atoms with Crippen molar-refractivity contribution in [2.75, 3.05) is 19.6 Å². The summed E-state index contributed by atoms with van der Waals surface area (Å²) in [6, 6.07) is 17.4. The van der Waals surface area contributed by atoms with Gasteiger partial charge in [0.05, 0.1) is 12.2 Å². The Morgan fingerprint density at radius 1 is 1.09 bits per heavy atom. The molecule has 2 aromatic carbocycles. The SMILES string of the molecule is CCNC(=NCc1cccc(-n2cccn2)c1)NC1CCN(Cc2ccc(F)cc2)CC1. The fourth-order valence-corrected chi connectivity index (χ4v) is 3.99. The van der Waals surface area contributed by atoms with Gasteiger partial charge in [-0.3, -0.25) is 4.90 Å². The lowest BCUT2D eigenvalue weighted by atomic mass is 10.0.